The van der Waals surface area contributed by atoms with Gasteiger partial charge in [0.05, 0.1) is 6.04 Å². The van der Waals surface area contributed by atoms with E-state index in [9.17, 15) is 9.18 Å². The molecule has 0 spiro atoms. The lowest BCUT2D eigenvalue weighted by molar-refractivity contribution is 0.0670. The standard InChI is InChI=1S/C24H22FNOS/c1-16(19-7-3-5-9-22(19)25)26-14-13-18-15-17(11-12-21(18)24(26)27)20-8-4-6-10-23(20)28-2/h3-12,15-16H,13-14H2,1-2H3. The van der Waals surface area contributed by atoms with Crippen molar-refractivity contribution in [3.63, 3.8) is 0 Å². The number of hydrogen-bond donors (Lipinski definition) is 0. The highest BCUT2D eigenvalue weighted by Crippen LogP contribution is 2.34. The van der Waals surface area contributed by atoms with Crippen LogP contribution in [-0.2, 0) is 6.42 Å². The van der Waals surface area contributed by atoms with Crippen LogP contribution in [0, 0.1) is 5.82 Å². The van der Waals surface area contributed by atoms with Gasteiger partial charge >= 0.3 is 0 Å². The van der Waals surface area contributed by atoms with Crippen LogP contribution in [0.3, 0.4) is 0 Å². The van der Waals surface area contributed by atoms with Crippen LogP contribution in [0.5, 0.6) is 0 Å². The highest BCUT2D eigenvalue weighted by Gasteiger charge is 2.29. The van der Waals surface area contributed by atoms with E-state index in [-0.39, 0.29) is 17.8 Å². The molecule has 142 valence electrons. The Kier molecular flexibility index (Phi) is 5.23. The fourth-order valence-electron chi connectivity index (χ4n) is 3.91. The Bertz CT molecular complexity index is 1030. The van der Waals surface area contributed by atoms with Gasteiger partial charge in [-0.2, -0.15) is 0 Å². The molecule has 2 nitrogen and oxygen atoms in total. The summed E-state index contributed by atoms with van der Waals surface area (Å²) in [5.41, 5.74) is 4.67. The number of halogens is 1. The van der Waals surface area contributed by atoms with Crippen molar-refractivity contribution >= 4 is 17.7 Å². The zero-order chi connectivity index (χ0) is 19.7. The second-order valence-corrected chi connectivity index (χ2v) is 7.87. The fourth-order valence-corrected chi connectivity index (χ4v) is 4.53. The molecule has 1 unspecified atom stereocenters. The van der Waals surface area contributed by atoms with Crippen molar-refractivity contribution in [1.82, 2.24) is 4.90 Å². The summed E-state index contributed by atoms with van der Waals surface area (Å²) in [5.74, 6) is -0.292. The lowest BCUT2D eigenvalue weighted by Crippen LogP contribution is -2.39. The Balaban J connectivity index is 1.65. The van der Waals surface area contributed by atoms with Crippen LogP contribution < -0.4 is 0 Å². The lowest BCUT2D eigenvalue weighted by atomic mass is 9.92. The summed E-state index contributed by atoms with van der Waals surface area (Å²) in [6, 6.07) is 20.8. The van der Waals surface area contributed by atoms with E-state index >= 15 is 0 Å². The predicted octanol–water partition coefficient (Wildman–Crippen LogP) is 5.97. The Labute approximate surface area is 169 Å². The molecule has 0 aliphatic carbocycles. The van der Waals surface area contributed by atoms with Crippen molar-refractivity contribution in [2.75, 3.05) is 12.8 Å². The van der Waals surface area contributed by atoms with E-state index in [2.05, 4.69) is 24.5 Å². The minimum absolute atomic E-state index is 0.0262. The molecular formula is C24H22FNOS. The van der Waals surface area contributed by atoms with Crippen LogP contribution in [0.25, 0.3) is 11.1 Å². The zero-order valence-electron chi connectivity index (χ0n) is 16.0. The van der Waals surface area contributed by atoms with Crippen LogP contribution in [-0.4, -0.2) is 23.6 Å². The van der Waals surface area contributed by atoms with Gasteiger partial charge in [0.1, 0.15) is 5.82 Å². The zero-order valence-corrected chi connectivity index (χ0v) is 16.8. The average Bonchev–Trinajstić information content (AvgIpc) is 2.73. The number of fused-ring (bicyclic) bond motifs is 1. The van der Waals surface area contributed by atoms with E-state index in [0.717, 1.165) is 23.1 Å². The number of benzene rings is 3. The Morgan fingerprint density at radius 1 is 1.00 bits per heavy atom. The van der Waals surface area contributed by atoms with Crippen LogP contribution in [0.1, 0.15) is 34.5 Å². The average molecular weight is 392 g/mol. The highest BCUT2D eigenvalue weighted by atomic mass is 32.2. The summed E-state index contributed by atoms with van der Waals surface area (Å²) in [7, 11) is 0. The summed E-state index contributed by atoms with van der Waals surface area (Å²) in [6.07, 6.45) is 2.85. The summed E-state index contributed by atoms with van der Waals surface area (Å²) >= 11 is 1.72. The van der Waals surface area contributed by atoms with E-state index in [1.54, 1.807) is 28.8 Å². The molecule has 4 rings (SSSR count). The summed E-state index contributed by atoms with van der Waals surface area (Å²) in [4.78, 5) is 16.1. The molecule has 3 aromatic rings. The topological polar surface area (TPSA) is 20.3 Å². The van der Waals surface area contributed by atoms with E-state index in [4.69, 9.17) is 0 Å². The number of rotatable bonds is 4. The van der Waals surface area contributed by atoms with Crippen molar-refractivity contribution in [1.29, 1.82) is 0 Å². The Hall–Kier alpha value is -2.59. The SMILES string of the molecule is CSc1ccccc1-c1ccc2c(c1)CCN(C(C)c1ccccc1F)C2=O. The number of hydrogen-bond acceptors (Lipinski definition) is 2. The number of amides is 1. The van der Waals surface area contributed by atoms with Gasteiger partial charge in [0.15, 0.2) is 0 Å². The number of carbonyl (C=O) groups excluding carboxylic acids is 1. The van der Waals surface area contributed by atoms with Gasteiger partial charge in [-0.3, -0.25) is 4.79 Å². The molecule has 4 heteroatoms. The van der Waals surface area contributed by atoms with E-state index in [1.807, 2.05) is 37.3 Å². The summed E-state index contributed by atoms with van der Waals surface area (Å²) < 4.78 is 14.2. The molecule has 0 bridgehead atoms. The van der Waals surface area contributed by atoms with Crippen molar-refractivity contribution in [2.45, 2.75) is 24.3 Å². The third-order valence-electron chi connectivity index (χ3n) is 5.46. The molecule has 0 saturated carbocycles. The van der Waals surface area contributed by atoms with Crippen LogP contribution in [0.2, 0.25) is 0 Å². The molecule has 0 radical (unpaired) electrons. The molecular weight excluding hydrogens is 369 g/mol. The van der Waals surface area contributed by atoms with Crippen molar-refractivity contribution in [3.8, 4) is 11.1 Å². The maximum absolute atomic E-state index is 14.2. The van der Waals surface area contributed by atoms with Crippen molar-refractivity contribution in [2.24, 2.45) is 0 Å². The van der Waals surface area contributed by atoms with Gasteiger partial charge in [-0.15, -0.1) is 11.8 Å². The molecule has 0 N–H and O–H groups in total. The van der Waals surface area contributed by atoms with Gasteiger partial charge in [0, 0.05) is 22.6 Å². The quantitative estimate of drug-likeness (QED) is 0.510. The smallest absolute Gasteiger partial charge is 0.254 e. The number of carbonyl (C=O) groups is 1. The third kappa shape index (κ3) is 3.33. The summed E-state index contributed by atoms with van der Waals surface area (Å²) in [6.45, 7) is 2.49. The van der Waals surface area contributed by atoms with E-state index < -0.39 is 0 Å². The Morgan fingerprint density at radius 2 is 1.75 bits per heavy atom. The maximum atomic E-state index is 14.2. The first-order chi connectivity index (χ1) is 13.6. The monoisotopic (exact) mass is 391 g/mol. The van der Waals surface area contributed by atoms with Gasteiger partial charge in [0.2, 0.25) is 0 Å². The number of nitrogens with zero attached hydrogens (tertiary/aromatic N) is 1. The van der Waals surface area contributed by atoms with E-state index in [0.29, 0.717) is 12.1 Å². The van der Waals surface area contributed by atoms with Gasteiger partial charge in [0.25, 0.3) is 5.91 Å². The molecule has 0 fully saturated rings. The van der Waals surface area contributed by atoms with Crippen LogP contribution in [0.15, 0.2) is 71.6 Å². The maximum Gasteiger partial charge on any atom is 0.254 e. The fraction of sp³-hybridized carbons (Fsp3) is 0.208. The van der Waals surface area contributed by atoms with Gasteiger partial charge < -0.3 is 4.90 Å². The van der Waals surface area contributed by atoms with Gasteiger partial charge in [-0.25, -0.2) is 4.39 Å². The minimum Gasteiger partial charge on any atom is -0.331 e. The summed E-state index contributed by atoms with van der Waals surface area (Å²) in [5, 5.41) is 0. The first-order valence-electron chi connectivity index (χ1n) is 9.42. The molecule has 0 saturated heterocycles. The first-order valence-corrected chi connectivity index (χ1v) is 10.6. The molecule has 1 aliphatic heterocycles. The molecule has 1 atom stereocenters. The normalized spacial score (nSPS) is 14.7. The molecule has 3 aromatic carbocycles. The predicted molar refractivity (Wildman–Crippen MR) is 113 cm³/mol. The first kappa shape index (κ1) is 18.8. The second-order valence-electron chi connectivity index (χ2n) is 7.02. The van der Waals surface area contributed by atoms with Crippen molar-refractivity contribution in [3.05, 3.63) is 89.2 Å². The third-order valence-corrected chi connectivity index (χ3v) is 6.26. The van der Waals surface area contributed by atoms with Crippen LogP contribution >= 0.6 is 11.8 Å². The van der Waals surface area contributed by atoms with E-state index in [1.165, 1.54) is 16.5 Å². The second kappa shape index (κ2) is 7.80. The molecule has 1 heterocycles. The minimum atomic E-state index is -0.293. The van der Waals surface area contributed by atoms with Gasteiger partial charge in [-0.05, 0) is 54.5 Å². The van der Waals surface area contributed by atoms with Crippen molar-refractivity contribution < 1.29 is 9.18 Å². The largest absolute Gasteiger partial charge is 0.331 e. The number of thioether (sulfide) groups is 1. The lowest BCUT2D eigenvalue weighted by Gasteiger charge is -2.34. The molecule has 1 amide bonds. The molecule has 28 heavy (non-hydrogen) atoms. The Morgan fingerprint density at radius 3 is 2.54 bits per heavy atom. The highest BCUT2D eigenvalue weighted by molar-refractivity contribution is 7.98. The molecule has 1 aliphatic rings. The van der Waals surface area contributed by atoms with Crippen LogP contribution in [0.4, 0.5) is 4.39 Å². The molecule has 0 aromatic heterocycles. The van der Waals surface area contributed by atoms with Gasteiger partial charge in [-0.1, -0.05) is 48.5 Å².